The zero-order valence-corrected chi connectivity index (χ0v) is 15.2. The molecule has 1 aromatic rings. The molecular formula is C18H28ClNO3. The van der Waals surface area contributed by atoms with Gasteiger partial charge in [0.1, 0.15) is 0 Å². The summed E-state index contributed by atoms with van der Waals surface area (Å²) in [7, 11) is 1.52. The fraction of sp³-hybridized carbons (Fsp3) is 0.667. The number of likely N-dealkylation sites (tertiary alicyclic amines) is 1. The van der Waals surface area contributed by atoms with Crippen LogP contribution in [-0.4, -0.2) is 40.9 Å². The lowest BCUT2D eigenvalue weighted by molar-refractivity contribution is -0.0664. The molecule has 1 aliphatic heterocycles. The number of benzene rings is 1. The fourth-order valence-corrected chi connectivity index (χ4v) is 3.59. The SMILES string of the molecule is COc1cc(CN2CC[C@](C)(O)[C@H](CC(C)C)C2)cc(Cl)c1O. The Bertz CT molecular complexity index is 545. The van der Waals surface area contributed by atoms with Crippen LogP contribution < -0.4 is 4.74 Å². The van der Waals surface area contributed by atoms with Crippen molar-refractivity contribution in [1.29, 1.82) is 0 Å². The second-order valence-corrected chi connectivity index (χ2v) is 7.70. The number of rotatable bonds is 5. The highest BCUT2D eigenvalue weighted by molar-refractivity contribution is 6.32. The molecule has 0 saturated carbocycles. The van der Waals surface area contributed by atoms with Crippen molar-refractivity contribution in [3.8, 4) is 11.5 Å². The highest BCUT2D eigenvalue weighted by Crippen LogP contribution is 2.37. The van der Waals surface area contributed by atoms with Crippen molar-refractivity contribution in [2.75, 3.05) is 20.2 Å². The van der Waals surface area contributed by atoms with Crippen LogP contribution in [-0.2, 0) is 6.54 Å². The van der Waals surface area contributed by atoms with E-state index in [-0.39, 0.29) is 11.7 Å². The number of phenols is 1. The van der Waals surface area contributed by atoms with Gasteiger partial charge < -0.3 is 14.9 Å². The summed E-state index contributed by atoms with van der Waals surface area (Å²) >= 11 is 6.07. The van der Waals surface area contributed by atoms with Crippen LogP contribution in [0.2, 0.25) is 5.02 Å². The summed E-state index contributed by atoms with van der Waals surface area (Å²) in [6.45, 7) is 8.80. The first-order valence-corrected chi connectivity index (χ1v) is 8.61. The molecule has 2 atom stereocenters. The maximum absolute atomic E-state index is 10.6. The summed E-state index contributed by atoms with van der Waals surface area (Å²) in [6, 6.07) is 3.61. The van der Waals surface area contributed by atoms with Gasteiger partial charge in [-0.2, -0.15) is 0 Å². The van der Waals surface area contributed by atoms with Gasteiger partial charge >= 0.3 is 0 Å². The Morgan fingerprint density at radius 1 is 1.43 bits per heavy atom. The van der Waals surface area contributed by atoms with Gasteiger partial charge in [-0.25, -0.2) is 0 Å². The predicted octanol–water partition coefficient (Wildman–Crippen LogP) is 3.67. The highest BCUT2D eigenvalue weighted by atomic mass is 35.5. The Kier molecular flexibility index (Phi) is 5.82. The van der Waals surface area contributed by atoms with E-state index in [1.165, 1.54) is 7.11 Å². The van der Waals surface area contributed by atoms with E-state index in [1.54, 1.807) is 6.07 Å². The lowest BCUT2D eigenvalue weighted by Gasteiger charge is -2.43. The first-order valence-electron chi connectivity index (χ1n) is 8.23. The Morgan fingerprint density at radius 2 is 2.13 bits per heavy atom. The van der Waals surface area contributed by atoms with Crippen LogP contribution in [0.1, 0.15) is 39.2 Å². The molecule has 5 heteroatoms. The number of aliphatic hydroxyl groups is 1. The largest absolute Gasteiger partial charge is 0.503 e. The molecule has 4 nitrogen and oxygen atoms in total. The van der Waals surface area contributed by atoms with E-state index in [4.69, 9.17) is 16.3 Å². The number of methoxy groups -OCH3 is 1. The molecule has 0 bridgehead atoms. The van der Waals surface area contributed by atoms with Gasteiger partial charge in [0.2, 0.25) is 0 Å². The predicted molar refractivity (Wildman–Crippen MR) is 93.1 cm³/mol. The molecule has 1 aliphatic rings. The summed E-state index contributed by atoms with van der Waals surface area (Å²) in [4.78, 5) is 2.34. The Morgan fingerprint density at radius 3 is 2.74 bits per heavy atom. The van der Waals surface area contributed by atoms with Gasteiger partial charge in [-0.1, -0.05) is 25.4 Å². The zero-order valence-electron chi connectivity index (χ0n) is 14.5. The van der Waals surface area contributed by atoms with Crippen LogP contribution >= 0.6 is 11.6 Å². The van der Waals surface area contributed by atoms with Crippen LogP contribution in [0.15, 0.2) is 12.1 Å². The number of nitrogens with zero attached hydrogens (tertiary/aromatic N) is 1. The number of piperidine rings is 1. The molecule has 1 heterocycles. The van der Waals surface area contributed by atoms with Crippen molar-refractivity contribution in [3.05, 3.63) is 22.7 Å². The molecule has 2 N–H and O–H groups in total. The van der Waals surface area contributed by atoms with Gasteiger partial charge in [0, 0.05) is 25.6 Å². The standard InChI is InChI=1S/C18H28ClNO3/c1-12(2)7-14-11-20(6-5-18(14,3)22)10-13-8-15(19)17(21)16(9-13)23-4/h8-9,12,14,21-22H,5-7,10-11H2,1-4H3/t14-,18+/m1/s1. The van der Waals surface area contributed by atoms with Crippen molar-refractivity contribution in [2.24, 2.45) is 11.8 Å². The molecule has 1 aromatic carbocycles. The summed E-state index contributed by atoms with van der Waals surface area (Å²) in [5.74, 6) is 1.22. The van der Waals surface area contributed by atoms with E-state index in [9.17, 15) is 10.2 Å². The van der Waals surface area contributed by atoms with Gasteiger partial charge in [0.05, 0.1) is 17.7 Å². The normalized spacial score (nSPS) is 25.8. The van der Waals surface area contributed by atoms with E-state index in [0.29, 0.717) is 16.7 Å². The minimum absolute atomic E-state index is 0.0165. The van der Waals surface area contributed by atoms with Crippen molar-refractivity contribution < 1.29 is 14.9 Å². The van der Waals surface area contributed by atoms with Crippen molar-refractivity contribution in [1.82, 2.24) is 4.90 Å². The van der Waals surface area contributed by atoms with Crippen LogP contribution in [0.5, 0.6) is 11.5 Å². The third-order valence-corrected chi connectivity index (χ3v) is 5.05. The van der Waals surface area contributed by atoms with Crippen LogP contribution in [0.3, 0.4) is 0 Å². The monoisotopic (exact) mass is 341 g/mol. The van der Waals surface area contributed by atoms with Crippen LogP contribution in [0.25, 0.3) is 0 Å². The Labute approximate surface area is 144 Å². The topological polar surface area (TPSA) is 52.9 Å². The second kappa shape index (κ2) is 7.29. The number of aromatic hydroxyl groups is 1. The quantitative estimate of drug-likeness (QED) is 0.858. The Balaban J connectivity index is 2.10. The molecule has 130 valence electrons. The van der Waals surface area contributed by atoms with E-state index < -0.39 is 5.60 Å². The van der Waals surface area contributed by atoms with E-state index in [0.717, 1.165) is 38.0 Å². The molecule has 0 spiro atoms. The summed E-state index contributed by atoms with van der Waals surface area (Å²) in [5, 5.41) is 20.8. The number of phenolic OH excluding ortho intramolecular Hbond substituents is 1. The molecule has 0 aliphatic carbocycles. The first kappa shape index (κ1) is 18.4. The third kappa shape index (κ3) is 4.52. The molecule has 1 fully saturated rings. The molecular weight excluding hydrogens is 314 g/mol. The second-order valence-electron chi connectivity index (χ2n) is 7.30. The van der Waals surface area contributed by atoms with Gasteiger partial charge in [-0.05, 0) is 43.4 Å². The lowest BCUT2D eigenvalue weighted by atomic mass is 9.78. The Hall–Kier alpha value is -0.970. The fourth-order valence-electron chi connectivity index (χ4n) is 3.36. The lowest BCUT2D eigenvalue weighted by Crippen LogP contribution is -2.50. The van der Waals surface area contributed by atoms with Gasteiger partial charge in [0.25, 0.3) is 0 Å². The molecule has 2 rings (SSSR count). The zero-order chi connectivity index (χ0) is 17.2. The molecule has 0 amide bonds. The highest BCUT2D eigenvalue weighted by Gasteiger charge is 2.37. The number of hydrogen-bond acceptors (Lipinski definition) is 4. The van der Waals surface area contributed by atoms with Gasteiger partial charge in [-0.15, -0.1) is 0 Å². The number of hydrogen-bond donors (Lipinski definition) is 2. The maximum atomic E-state index is 10.6. The summed E-state index contributed by atoms with van der Waals surface area (Å²) in [6.07, 6.45) is 1.79. The minimum atomic E-state index is -0.592. The smallest absolute Gasteiger partial charge is 0.176 e. The van der Waals surface area contributed by atoms with E-state index >= 15 is 0 Å². The molecule has 0 unspecified atom stereocenters. The van der Waals surface area contributed by atoms with Crippen molar-refractivity contribution in [2.45, 2.75) is 45.8 Å². The summed E-state index contributed by atoms with van der Waals surface area (Å²) < 4.78 is 5.17. The first-order chi connectivity index (χ1) is 10.7. The van der Waals surface area contributed by atoms with Crippen LogP contribution in [0.4, 0.5) is 0 Å². The summed E-state index contributed by atoms with van der Waals surface area (Å²) in [5.41, 5.74) is 0.417. The van der Waals surface area contributed by atoms with Crippen molar-refractivity contribution in [3.63, 3.8) is 0 Å². The van der Waals surface area contributed by atoms with E-state index in [2.05, 4.69) is 18.7 Å². The van der Waals surface area contributed by atoms with Crippen LogP contribution in [0, 0.1) is 11.8 Å². The average molecular weight is 342 g/mol. The molecule has 23 heavy (non-hydrogen) atoms. The van der Waals surface area contributed by atoms with E-state index in [1.807, 2.05) is 13.0 Å². The number of halogens is 1. The molecule has 1 saturated heterocycles. The third-order valence-electron chi connectivity index (χ3n) is 4.76. The minimum Gasteiger partial charge on any atom is -0.503 e. The number of ether oxygens (including phenoxy) is 1. The maximum Gasteiger partial charge on any atom is 0.176 e. The molecule has 0 radical (unpaired) electrons. The van der Waals surface area contributed by atoms with Gasteiger partial charge in [0.15, 0.2) is 11.5 Å². The van der Waals surface area contributed by atoms with Gasteiger partial charge in [-0.3, -0.25) is 4.90 Å². The average Bonchev–Trinajstić information content (AvgIpc) is 2.46. The molecule has 0 aromatic heterocycles. The van der Waals surface area contributed by atoms with Crippen molar-refractivity contribution >= 4 is 11.6 Å².